The van der Waals surface area contributed by atoms with Gasteiger partial charge in [-0.05, 0) is 49.7 Å². The highest BCUT2D eigenvalue weighted by molar-refractivity contribution is 5.59. The molecular formula is C27H28N2. The highest BCUT2D eigenvalue weighted by Crippen LogP contribution is 2.50. The molecule has 0 N–H and O–H groups in total. The lowest BCUT2D eigenvalue weighted by Crippen LogP contribution is -2.47. The molecule has 5 rings (SSSR count). The monoisotopic (exact) mass is 380 g/mol. The number of para-hydroxylation sites is 1. The fraction of sp³-hybridized carbons (Fsp3) is 0.259. The number of hydrogen-bond acceptors (Lipinski definition) is 2. The summed E-state index contributed by atoms with van der Waals surface area (Å²) in [4.78, 5) is 5.17. The summed E-state index contributed by atoms with van der Waals surface area (Å²) in [5, 5.41) is 0. The Kier molecular flexibility index (Phi) is 4.24. The molecule has 2 aliphatic rings. The van der Waals surface area contributed by atoms with Gasteiger partial charge >= 0.3 is 0 Å². The Morgan fingerprint density at radius 2 is 1.28 bits per heavy atom. The van der Waals surface area contributed by atoms with Gasteiger partial charge < -0.3 is 9.80 Å². The Balaban J connectivity index is 1.68. The van der Waals surface area contributed by atoms with Crippen molar-refractivity contribution >= 4 is 5.69 Å². The zero-order valence-electron chi connectivity index (χ0n) is 17.4. The van der Waals surface area contributed by atoms with Gasteiger partial charge in [0.2, 0.25) is 0 Å². The third kappa shape index (κ3) is 2.55. The first-order valence-electron chi connectivity index (χ1n) is 10.6. The molecule has 0 aromatic heterocycles. The zero-order chi connectivity index (χ0) is 20.0. The first-order valence-corrected chi connectivity index (χ1v) is 10.6. The largest absolute Gasteiger partial charge is 0.351 e. The van der Waals surface area contributed by atoms with Crippen LogP contribution in [0.3, 0.4) is 0 Å². The summed E-state index contributed by atoms with van der Waals surface area (Å²) in [5.74, 6) is 0. The van der Waals surface area contributed by atoms with Crippen LogP contribution in [0.4, 0.5) is 5.69 Å². The third-order valence-electron chi connectivity index (χ3n) is 6.92. The Hall–Kier alpha value is -3.00. The van der Waals surface area contributed by atoms with E-state index in [-0.39, 0.29) is 5.41 Å². The fourth-order valence-corrected chi connectivity index (χ4v) is 5.66. The molecule has 0 saturated carbocycles. The van der Waals surface area contributed by atoms with Gasteiger partial charge in [-0.15, -0.1) is 0 Å². The second kappa shape index (κ2) is 6.81. The van der Waals surface area contributed by atoms with Gasteiger partial charge in [-0.2, -0.15) is 0 Å². The summed E-state index contributed by atoms with van der Waals surface area (Å²) in [6.45, 7) is 6.94. The lowest BCUT2D eigenvalue weighted by Gasteiger charge is -2.39. The maximum absolute atomic E-state index is 2.60. The first-order chi connectivity index (χ1) is 14.1. The molecule has 0 radical (unpaired) electrons. The molecule has 0 aliphatic carbocycles. The van der Waals surface area contributed by atoms with Crippen LogP contribution in [-0.2, 0) is 5.41 Å². The van der Waals surface area contributed by atoms with E-state index in [0.29, 0.717) is 18.2 Å². The van der Waals surface area contributed by atoms with Gasteiger partial charge in [0.15, 0.2) is 0 Å². The molecule has 0 spiro atoms. The van der Waals surface area contributed by atoms with E-state index in [0.717, 1.165) is 0 Å². The molecule has 2 heteroatoms. The second-order valence-electron chi connectivity index (χ2n) is 8.38. The summed E-state index contributed by atoms with van der Waals surface area (Å²) in [6, 6.07) is 31.5. The van der Waals surface area contributed by atoms with Gasteiger partial charge in [-0.1, -0.05) is 84.9 Å². The van der Waals surface area contributed by atoms with Crippen molar-refractivity contribution in [2.24, 2.45) is 0 Å². The highest BCUT2D eigenvalue weighted by Gasteiger charge is 2.56. The lowest BCUT2D eigenvalue weighted by molar-refractivity contribution is 0.261. The molecule has 0 bridgehead atoms. The van der Waals surface area contributed by atoms with Crippen molar-refractivity contribution in [3.05, 3.63) is 114 Å². The van der Waals surface area contributed by atoms with Gasteiger partial charge in [0.05, 0.1) is 23.7 Å². The average Bonchev–Trinajstić information content (AvgIpc) is 3.28. The van der Waals surface area contributed by atoms with Gasteiger partial charge in [-0.3, -0.25) is 0 Å². The van der Waals surface area contributed by atoms with Crippen molar-refractivity contribution in [2.75, 3.05) is 4.90 Å². The Morgan fingerprint density at radius 3 is 1.86 bits per heavy atom. The van der Waals surface area contributed by atoms with Crippen LogP contribution in [0, 0.1) is 6.92 Å². The normalized spacial score (nSPS) is 24.7. The quantitative estimate of drug-likeness (QED) is 0.572. The molecule has 2 heterocycles. The third-order valence-corrected chi connectivity index (χ3v) is 6.92. The predicted molar refractivity (Wildman–Crippen MR) is 121 cm³/mol. The summed E-state index contributed by atoms with van der Waals surface area (Å²) in [5.41, 5.74) is 5.24. The number of aryl methyl sites for hydroxylation is 1. The molecule has 2 aliphatic heterocycles. The van der Waals surface area contributed by atoms with Crippen LogP contribution in [0.15, 0.2) is 97.2 Å². The van der Waals surface area contributed by atoms with E-state index in [2.05, 4.69) is 128 Å². The molecule has 2 unspecified atom stereocenters. The van der Waals surface area contributed by atoms with Crippen molar-refractivity contribution in [2.45, 2.75) is 44.4 Å². The van der Waals surface area contributed by atoms with E-state index in [1.807, 2.05) is 0 Å². The van der Waals surface area contributed by atoms with E-state index < -0.39 is 0 Å². The van der Waals surface area contributed by atoms with Gasteiger partial charge in [0.1, 0.15) is 0 Å². The molecule has 1 fully saturated rings. The molecule has 0 amide bonds. The number of anilines is 1. The van der Waals surface area contributed by atoms with Crippen LogP contribution >= 0.6 is 0 Å². The van der Waals surface area contributed by atoms with Crippen LogP contribution in [0.25, 0.3) is 0 Å². The maximum atomic E-state index is 2.60. The number of benzene rings is 3. The highest BCUT2D eigenvalue weighted by atomic mass is 15.5. The Labute approximate surface area is 174 Å². The van der Waals surface area contributed by atoms with E-state index in [9.17, 15) is 0 Å². The zero-order valence-corrected chi connectivity index (χ0v) is 17.4. The van der Waals surface area contributed by atoms with Crippen LogP contribution in [0.1, 0.15) is 30.5 Å². The van der Waals surface area contributed by atoms with Gasteiger partial charge in [-0.25, -0.2) is 0 Å². The van der Waals surface area contributed by atoms with Crippen molar-refractivity contribution < 1.29 is 0 Å². The van der Waals surface area contributed by atoms with Gasteiger partial charge in [0.25, 0.3) is 0 Å². The molecule has 146 valence electrons. The number of hydrogen-bond donors (Lipinski definition) is 0. The smallest absolute Gasteiger partial charge is 0.0989 e. The first kappa shape index (κ1) is 18.1. The molecule has 3 aromatic carbocycles. The van der Waals surface area contributed by atoms with E-state index in [1.54, 1.807) is 0 Å². The van der Waals surface area contributed by atoms with Gasteiger partial charge in [0, 0.05) is 5.69 Å². The minimum absolute atomic E-state index is 0.159. The molecule has 3 aromatic rings. The van der Waals surface area contributed by atoms with E-state index in [4.69, 9.17) is 0 Å². The van der Waals surface area contributed by atoms with Crippen molar-refractivity contribution in [3.63, 3.8) is 0 Å². The second-order valence-corrected chi connectivity index (χ2v) is 8.38. The van der Waals surface area contributed by atoms with Crippen molar-refractivity contribution in [3.8, 4) is 0 Å². The molecule has 29 heavy (non-hydrogen) atoms. The van der Waals surface area contributed by atoms with Crippen molar-refractivity contribution in [1.29, 1.82) is 0 Å². The van der Waals surface area contributed by atoms with Crippen LogP contribution in [-0.4, -0.2) is 23.1 Å². The van der Waals surface area contributed by atoms with E-state index >= 15 is 0 Å². The lowest BCUT2D eigenvalue weighted by atomic mass is 9.68. The summed E-state index contributed by atoms with van der Waals surface area (Å²) in [7, 11) is 0. The predicted octanol–water partition coefficient (Wildman–Crippen LogP) is 5.73. The number of nitrogens with zero attached hydrogens (tertiary/aromatic N) is 2. The average molecular weight is 381 g/mol. The SMILES string of the molecule is Cc1ccccc1N1C(C)N2C=CC(c3ccccc3)(c3ccccc3)C2[C@@H]1C. The van der Waals surface area contributed by atoms with E-state index in [1.165, 1.54) is 22.4 Å². The topological polar surface area (TPSA) is 6.48 Å². The minimum Gasteiger partial charge on any atom is -0.351 e. The number of rotatable bonds is 3. The molecule has 1 saturated heterocycles. The summed E-state index contributed by atoms with van der Waals surface area (Å²) >= 11 is 0. The fourth-order valence-electron chi connectivity index (χ4n) is 5.66. The molecular weight excluding hydrogens is 352 g/mol. The van der Waals surface area contributed by atoms with Crippen molar-refractivity contribution in [1.82, 2.24) is 4.90 Å². The number of fused-ring (bicyclic) bond motifs is 1. The molecule has 3 atom stereocenters. The Bertz CT molecular complexity index is 985. The molecule has 2 nitrogen and oxygen atoms in total. The van der Waals surface area contributed by atoms with Crippen LogP contribution < -0.4 is 4.90 Å². The van der Waals surface area contributed by atoms with Crippen LogP contribution in [0.5, 0.6) is 0 Å². The summed E-state index contributed by atoms with van der Waals surface area (Å²) < 4.78 is 0. The maximum Gasteiger partial charge on any atom is 0.0989 e. The standard InChI is InChI=1S/C27H28N2/c1-20-12-10-11-17-25(20)29-21(2)26-27(18-19-28(26)22(29)3,23-13-6-4-7-14-23)24-15-8-5-9-16-24/h4-19,21-22,26H,1-3H3/t21-,22?,26?/m0/s1. The van der Waals surface area contributed by atoms with Crippen LogP contribution in [0.2, 0.25) is 0 Å². The summed E-state index contributed by atoms with van der Waals surface area (Å²) in [6.07, 6.45) is 5.08. The minimum atomic E-state index is -0.159. The Morgan fingerprint density at radius 1 is 0.724 bits per heavy atom.